The molecular weight excluding hydrogens is 250 g/mol. The third-order valence-electron chi connectivity index (χ3n) is 3.95. The first-order chi connectivity index (χ1) is 9.83. The molecule has 1 fully saturated rings. The molecule has 0 unspecified atom stereocenters. The molecule has 0 spiro atoms. The first-order valence-corrected chi connectivity index (χ1v) is 7.67. The third kappa shape index (κ3) is 3.51. The van der Waals surface area contributed by atoms with E-state index in [-0.39, 0.29) is 5.91 Å². The van der Waals surface area contributed by atoms with Crippen LogP contribution in [-0.4, -0.2) is 25.0 Å². The summed E-state index contributed by atoms with van der Waals surface area (Å²) in [5.74, 6) is 0.174. The van der Waals surface area contributed by atoms with E-state index in [0.29, 0.717) is 12.5 Å². The summed E-state index contributed by atoms with van der Waals surface area (Å²) < 4.78 is 0. The second-order valence-corrected chi connectivity index (χ2v) is 5.75. The van der Waals surface area contributed by atoms with Crippen molar-refractivity contribution in [2.75, 3.05) is 18.4 Å². The average molecular weight is 273 g/mol. The molecule has 1 heterocycles. The minimum atomic E-state index is 0.174. The highest BCUT2D eigenvalue weighted by atomic mass is 16.1. The molecule has 1 saturated carbocycles. The number of rotatable bonds is 6. The lowest BCUT2D eigenvalue weighted by Gasteiger charge is -2.21. The normalized spacial score (nSPS) is 17.2. The summed E-state index contributed by atoms with van der Waals surface area (Å²) >= 11 is 0. The molecule has 1 amide bonds. The predicted octanol–water partition coefficient (Wildman–Crippen LogP) is 1.80. The van der Waals surface area contributed by atoms with Crippen LogP contribution >= 0.6 is 0 Å². The van der Waals surface area contributed by atoms with Gasteiger partial charge in [-0.15, -0.1) is 0 Å². The zero-order chi connectivity index (χ0) is 13.8. The van der Waals surface area contributed by atoms with Crippen molar-refractivity contribution in [1.82, 2.24) is 10.6 Å². The highest BCUT2D eigenvalue weighted by Crippen LogP contribution is 2.25. The van der Waals surface area contributed by atoms with E-state index >= 15 is 0 Å². The Morgan fingerprint density at radius 1 is 1.35 bits per heavy atom. The first kappa shape index (κ1) is 13.4. The van der Waals surface area contributed by atoms with Crippen LogP contribution in [0.1, 0.15) is 36.8 Å². The van der Waals surface area contributed by atoms with Gasteiger partial charge in [0.15, 0.2) is 0 Å². The molecule has 0 atom stereocenters. The third-order valence-corrected chi connectivity index (χ3v) is 3.95. The molecule has 1 aliphatic heterocycles. The van der Waals surface area contributed by atoms with Crippen molar-refractivity contribution in [3.05, 3.63) is 29.3 Å². The number of fused-ring (bicyclic) bond motifs is 1. The molecule has 4 heteroatoms. The van der Waals surface area contributed by atoms with Gasteiger partial charge in [0.2, 0.25) is 5.91 Å². The summed E-state index contributed by atoms with van der Waals surface area (Å²) in [6.07, 6.45) is 5.26. The summed E-state index contributed by atoms with van der Waals surface area (Å²) in [5, 5.41) is 9.88. The zero-order valence-electron chi connectivity index (χ0n) is 11.9. The Labute approximate surface area is 120 Å². The second kappa shape index (κ2) is 6.27. The van der Waals surface area contributed by atoms with Gasteiger partial charge in [0.1, 0.15) is 0 Å². The van der Waals surface area contributed by atoms with E-state index in [0.717, 1.165) is 32.5 Å². The van der Waals surface area contributed by atoms with Crippen molar-refractivity contribution >= 4 is 11.6 Å². The molecule has 1 aromatic carbocycles. The Morgan fingerprint density at radius 3 is 3.10 bits per heavy atom. The van der Waals surface area contributed by atoms with E-state index in [4.69, 9.17) is 0 Å². The summed E-state index contributed by atoms with van der Waals surface area (Å²) in [7, 11) is 0. The summed E-state index contributed by atoms with van der Waals surface area (Å²) in [6.45, 7) is 2.63. The van der Waals surface area contributed by atoms with Gasteiger partial charge >= 0.3 is 0 Å². The fourth-order valence-corrected chi connectivity index (χ4v) is 2.68. The Morgan fingerprint density at radius 2 is 2.25 bits per heavy atom. The Hall–Kier alpha value is -1.55. The molecule has 0 aromatic heterocycles. The quantitative estimate of drug-likeness (QED) is 0.693. The minimum Gasteiger partial charge on any atom is -0.385 e. The first-order valence-electron chi connectivity index (χ1n) is 7.67. The Balaban J connectivity index is 1.45. The molecule has 108 valence electrons. The van der Waals surface area contributed by atoms with E-state index in [1.807, 2.05) is 0 Å². The number of hydrogen-bond acceptors (Lipinski definition) is 3. The predicted molar refractivity (Wildman–Crippen MR) is 80.7 cm³/mol. The zero-order valence-corrected chi connectivity index (χ0v) is 11.9. The van der Waals surface area contributed by atoms with Gasteiger partial charge in [-0.1, -0.05) is 18.2 Å². The number of anilines is 1. The molecule has 0 radical (unpaired) electrons. The average Bonchev–Trinajstić information content (AvgIpc) is 3.27. The van der Waals surface area contributed by atoms with Crippen LogP contribution in [0.25, 0.3) is 0 Å². The molecule has 20 heavy (non-hydrogen) atoms. The molecule has 2 aliphatic rings. The van der Waals surface area contributed by atoms with Gasteiger partial charge in [0, 0.05) is 37.8 Å². The molecule has 3 rings (SSSR count). The van der Waals surface area contributed by atoms with Crippen LogP contribution in [0.4, 0.5) is 5.69 Å². The number of nitrogens with one attached hydrogen (secondary N) is 3. The van der Waals surface area contributed by atoms with Crippen LogP contribution in [0.15, 0.2) is 18.2 Å². The van der Waals surface area contributed by atoms with Gasteiger partial charge in [-0.05, 0) is 36.8 Å². The number of para-hydroxylation sites is 1. The van der Waals surface area contributed by atoms with Crippen LogP contribution in [0.3, 0.4) is 0 Å². The van der Waals surface area contributed by atoms with Crippen LogP contribution in [0.2, 0.25) is 0 Å². The van der Waals surface area contributed by atoms with Crippen molar-refractivity contribution in [2.45, 2.75) is 44.7 Å². The number of amides is 1. The van der Waals surface area contributed by atoms with Gasteiger partial charge < -0.3 is 16.0 Å². The SMILES string of the molecule is O=C(CCNCc1cccc2c1NCCC2)NC1CC1. The van der Waals surface area contributed by atoms with Gasteiger partial charge in [-0.25, -0.2) is 0 Å². The summed E-state index contributed by atoms with van der Waals surface area (Å²) in [5.41, 5.74) is 4.03. The van der Waals surface area contributed by atoms with Gasteiger partial charge in [-0.3, -0.25) is 4.79 Å². The number of carbonyl (C=O) groups is 1. The lowest BCUT2D eigenvalue weighted by molar-refractivity contribution is -0.121. The van der Waals surface area contributed by atoms with E-state index in [1.165, 1.54) is 29.7 Å². The van der Waals surface area contributed by atoms with Crippen molar-refractivity contribution in [1.29, 1.82) is 0 Å². The number of carbonyl (C=O) groups excluding carboxylic acids is 1. The largest absolute Gasteiger partial charge is 0.385 e. The van der Waals surface area contributed by atoms with Crippen LogP contribution < -0.4 is 16.0 Å². The van der Waals surface area contributed by atoms with Crippen molar-refractivity contribution in [2.24, 2.45) is 0 Å². The second-order valence-electron chi connectivity index (χ2n) is 5.75. The fourth-order valence-electron chi connectivity index (χ4n) is 2.68. The van der Waals surface area contributed by atoms with Gasteiger partial charge in [0.05, 0.1) is 0 Å². The maximum Gasteiger partial charge on any atom is 0.221 e. The summed E-state index contributed by atoms with van der Waals surface area (Å²) in [6, 6.07) is 6.96. The molecule has 0 saturated heterocycles. The molecule has 3 N–H and O–H groups in total. The van der Waals surface area contributed by atoms with E-state index in [9.17, 15) is 4.79 Å². The standard InChI is InChI=1S/C16H23N3O/c20-15(19-14-6-7-14)8-10-17-11-13-4-1-3-12-5-2-9-18-16(12)13/h1,3-4,14,17-18H,2,5-11H2,(H,19,20). The molecule has 1 aliphatic carbocycles. The van der Waals surface area contributed by atoms with Crippen LogP contribution in [0, 0.1) is 0 Å². The topological polar surface area (TPSA) is 53.2 Å². The molecule has 4 nitrogen and oxygen atoms in total. The Bertz CT molecular complexity index is 483. The van der Waals surface area contributed by atoms with Crippen LogP contribution in [0.5, 0.6) is 0 Å². The van der Waals surface area contributed by atoms with Gasteiger partial charge in [-0.2, -0.15) is 0 Å². The van der Waals surface area contributed by atoms with Crippen molar-refractivity contribution in [3.8, 4) is 0 Å². The number of hydrogen-bond donors (Lipinski definition) is 3. The van der Waals surface area contributed by atoms with E-state index in [1.54, 1.807) is 0 Å². The highest BCUT2D eigenvalue weighted by molar-refractivity contribution is 5.76. The Kier molecular flexibility index (Phi) is 4.21. The maximum absolute atomic E-state index is 11.6. The van der Waals surface area contributed by atoms with Crippen LogP contribution in [-0.2, 0) is 17.8 Å². The van der Waals surface area contributed by atoms with E-state index < -0.39 is 0 Å². The van der Waals surface area contributed by atoms with Crippen molar-refractivity contribution < 1.29 is 4.79 Å². The molecule has 0 bridgehead atoms. The van der Waals surface area contributed by atoms with E-state index in [2.05, 4.69) is 34.1 Å². The fraction of sp³-hybridized carbons (Fsp3) is 0.562. The highest BCUT2D eigenvalue weighted by Gasteiger charge is 2.22. The molecule has 1 aromatic rings. The smallest absolute Gasteiger partial charge is 0.221 e. The lowest BCUT2D eigenvalue weighted by atomic mass is 9.99. The maximum atomic E-state index is 11.6. The molecular formula is C16H23N3O. The number of benzene rings is 1. The number of aryl methyl sites for hydroxylation is 1. The summed E-state index contributed by atoms with van der Waals surface area (Å²) in [4.78, 5) is 11.6. The monoisotopic (exact) mass is 273 g/mol. The lowest BCUT2D eigenvalue weighted by Crippen LogP contribution is -2.29. The van der Waals surface area contributed by atoms with Gasteiger partial charge in [0.25, 0.3) is 0 Å². The minimum absolute atomic E-state index is 0.174. The van der Waals surface area contributed by atoms with Crippen molar-refractivity contribution in [3.63, 3.8) is 0 Å².